The monoisotopic (exact) mass is 160 g/mol. The molecule has 3 N–H and O–H groups in total. The Morgan fingerprint density at radius 1 is 1.55 bits per heavy atom. The molecule has 0 spiro atoms. The maximum absolute atomic E-state index is 9.62. The average molecular weight is 160 g/mol. The second-order valence-electron chi connectivity index (χ2n) is 3.29. The average Bonchev–Trinajstić information content (AvgIpc) is 1.85. The quantitative estimate of drug-likeness (QED) is 0.456. The predicted octanol–water partition coefficient (Wildman–Crippen LogP) is -1.76. The van der Waals surface area contributed by atoms with Crippen molar-refractivity contribution in [2.45, 2.75) is 5.60 Å². The highest BCUT2D eigenvalue weighted by Gasteiger charge is 2.34. The Balaban J connectivity index is 2.18. The predicted molar refractivity (Wildman–Crippen MR) is 42.4 cm³/mol. The Morgan fingerprint density at radius 2 is 2.18 bits per heavy atom. The van der Waals surface area contributed by atoms with E-state index in [1.54, 1.807) is 0 Å². The summed E-state index contributed by atoms with van der Waals surface area (Å²) in [7, 11) is 1.90. The number of β-amino-alcohol motifs (C(OH)–C–C–N with tert-alkyl or cyclic N) is 1. The molecule has 0 radical (unpaired) electrons. The first-order valence-corrected chi connectivity index (χ1v) is 3.89. The molecule has 0 aromatic heterocycles. The molecule has 0 unspecified atom stereocenters. The van der Waals surface area contributed by atoms with Crippen molar-refractivity contribution in [3.05, 3.63) is 0 Å². The maximum Gasteiger partial charge on any atom is 0.102 e. The largest absolute Gasteiger partial charge is 0.395 e. The normalized spacial score (nSPS) is 21.8. The minimum absolute atomic E-state index is 0.153. The summed E-state index contributed by atoms with van der Waals surface area (Å²) in [6, 6.07) is 0. The number of hydrogen-bond donors (Lipinski definition) is 3. The van der Waals surface area contributed by atoms with Crippen LogP contribution in [0.3, 0.4) is 0 Å². The first-order valence-electron chi connectivity index (χ1n) is 3.89. The molecule has 0 bridgehead atoms. The topological polar surface area (TPSA) is 55.7 Å². The van der Waals surface area contributed by atoms with Crippen molar-refractivity contribution in [3.63, 3.8) is 0 Å². The number of nitrogens with one attached hydrogen (secondary N) is 1. The molecule has 1 heterocycles. The molecule has 66 valence electrons. The van der Waals surface area contributed by atoms with Gasteiger partial charge in [0.15, 0.2) is 0 Å². The number of likely N-dealkylation sites (N-methyl/N-ethyl adjacent to an activating group) is 1. The van der Waals surface area contributed by atoms with Gasteiger partial charge in [-0.2, -0.15) is 0 Å². The van der Waals surface area contributed by atoms with Gasteiger partial charge in [0.2, 0.25) is 0 Å². The van der Waals surface area contributed by atoms with E-state index in [2.05, 4.69) is 5.32 Å². The summed E-state index contributed by atoms with van der Waals surface area (Å²) in [5, 5.41) is 21.2. The van der Waals surface area contributed by atoms with Crippen LogP contribution in [-0.2, 0) is 0 Å². The minimum Gasteiger partial charge on any atom is -0.395 e. The van der Waals surface area contributed by atoms with Crippen molar-refractivity contribution in [3.8, 4) is 0 Å². The van der Waals surface area contributed by atoms with Gasteiger partial charge in [-0.1, -0.05) is 0 Å². The number of aliphatic hydroxyl groups excluding tert-OH is 1. The maximum atomic E-state index is 9.62. The fraction of sp³-hybridized carbons (Fsp3) is 1.00. The van der Waals surface area contributed by atoms with Crippen LogP contribution in [0.15, 0.2) is 0 Å². The summed E-state index contributed by atoms with van der Waals surface area (Å²) in [4.78, 5) is 1.93. The molecule has 1 fully saturated rings. The molecule has 4 nitrogen and oxygen atoms in total. The zero-order chi connectivity index (χ0) is 8.32. The third-order valence-electron chi connectivity index (χ3n) is 1.95. The van der Waals surface area contributed by atoms with Crippen LogP contribution in [-0.4, -0.2) is 60.5 Å². The van der Waals surface area contributed by atoms with E-state index in [-0.39, 0.29) is 6.61 Å². The van der Waals surface area contributed by atoms with Gasteiger partial charge in [0.05, 0.1) is 6.61 Å². The molecule has 4 heteroatoms. The van der Waals surface area contributed by atoms with E-state index in [4.69, 9.17) is 5.11 Å². The lowest BCUT2D eigenvalue weighted by molar-refractivity contribution is -0.0348. The molecular weight excluding hydrogens is 144 g/mol. The molecule has 0 atom stereocenters. The van der Waals surface area contributed by atoms with Gasteiger partial charge in [-0.15, -0.1) is 0 Å². The van der Waals surface area contributed by atoms with Crippen molar-refractivity contribution >= 4 is 0 Å². The second kappa shape index (κ2) is 3.49. The van der Waals surface area contributed by atoms with Crippen molar-refractivity contribution in [2.24, 2.45) is 0 Å². The molecule has 1 aliphatic rings. The Hall–Kier alpha value is -0.160. The fourth-order valence-corrected chi connectivity index (χ4v) is 1.28. The van der Waals surface area contributed by atoms with Gasteiger partial charge in [-0.3, -0.25) is 0 Å². The van der Waals surface area contributed by atoms with Crippen LogP contribution in [0.5, 0.6) is 0 Å². The minimum atomic E-state index is -0.552. The Kier molecular flexibility index (Phi) is 2.84. The van der Waals surface area contributed by atoms with Crippen LogP contribution in [0.4, 0.5) is 0 Å². The van der Waals surface area contributed by atoms with E-state index >= 15 is 0 Å². The molecule has 0 aromatic rings. The van der Waals surface area contributed by atoms with Gasteiger partial charge in [0.25, 0.3) is 0 Å². The Morgan fingerprint density at radius 3 is 2.55 bits per heavy atom. The van der Waals surface area contributed by atoms with E-state index in [1.165, 1.54) is 0 Å². The summed E-state index contributed by atoms with van der Waals surface area (Å²) >= 11 is 0. The summed E-state index contributed by atoms with van der Waals surface area (Å²) in [6.07, 6.45) is 0. The van der Waals surface area contributed by atoms with Crippen LogP contribution in [0.25, 0.3) is 0 Å². The van der Waals surface area contributed by atoms with Crippen LogP contribution in [0.1, 0.15) is 0 Å². The molecule has 11 heavy (non-hydrogen) atoms. The molecule has 1 saturated heterocycles. The van der Waals surface area contributed by atoms with Crippen molar-refractivity contribution in [2.75, 3.05) is 39.8 Å². The Bertz CT molecular complexity index is 126. The van der Waals surface area contributed by atoms with E-state index in [9.17, 15) is 5.11 Å². The zero-order valence-corrected chi connectivity index (χ0v) is 6.88. The number of aliphatic hydroxyl groups is 2. The van der Waals surface area contributed by atoms with Crippen LogP contribution >= 0.6 is 0 Å². The van der Waals surface area contributed by atoms with Crippen LogP contribution in [0, 0.1) is 0 Å². The third-order valence-corrected chi connectivity index (χ3v) is 1.95. The standard InChI is InChI=1S/C7H16N2O2/c1-9(2-3-10)6-7(11)4-8-5-7/h8,10-11H,2-6H2,1H3. The number of nitrogens with zero attached hydrogens (tertiary/aromatic N) is 1. The van der Waals surface area contributed by atoms with Gasteiger partial charge in [-0.25, -0.2) is 0 Å². The van der Waals surface area contributed by atoms with Crippen molar-refractivity contribution in [1.82, 2.24) is 10.2 Å². The second-order valence-corrected chi connectivity index (χ2v) is 3.29. The fourth-order valence-electron chi connectivity index (χ4n) is 1.28. The van der Waals surface area contributed by atoms with Gasteiger partial charge in [0.1, 0.15) is 5.60 Å². The lowest BCUT2D eigenvalue weighted by atomic mass is 9.97. The van der Waals surface area contributed by atoms with Crippen LogP contribution in [0.2, 0.25) is 0 Å². The van der Waals surface area contributed by atoms with E-state index in [0.717, 1.165) is 0 Å². The Labute approximate surface area is 66.8 Å². The lowest BCUT2D eigenvalue weighted by Gasteiger charge is -2.40. The highest BCUT2D eigenvalue weighted by molar-refractivity contribution is 4.94. The summed E-state index contributed by atoms with van der Waals surface area (Å²) in [5.74, 6) is 0. The SMILES string of the molecule is CN(CCO)CC1(O)CNC1. The third kappa shape index (κ3) is 2.41. The smallest absolute Gasteiger partial charge is 0.102 e. The molecule has 0 amide bonds. The zero-order valence-electron chi connectivity index (χ0n) is 6.88. The van der Waals surface area contributed by atoms with Gasteiger partial charge in [-0.05, 0) is 7.05 Å². The van der Waals surface area contributed by atoms with Gasteiger partial charge < -0.3 is 20.4 Å². The molecule has 0 aliphatic carbocycles. The number of rotatable bonds is 4. The first-order chi connectivity index (χ1) is 5.16. The van der Waals surface area contributed by atoms with Crippen LogP contribution < -0.4 is 5.32 Å². The summed E-state index contributed by atoms with van der Waals surface area (Å²) in [6.45, 7) is 2.76. The molecule has 1 rings (SSSR count). The molecule has 1 aliphatic heterocycles. The summed E-state index contributed by atoms with van der Waals surface area (Å²) < 4.78 is 0. The molecule has 0 aromatic carbocycles. The highest BCUT2D eigenvalue weighted by Crippen LogP contribution is 2.10. The lowest BCUT2D eigenvalue weighted by Crippen LogP contribution is -2.64. The van der Waals surface area contributed by atoms with Crippen molar-refractivity contribution < 1.29 is 10.2 Å². The molecule has 0 saturated carbocycles. The van der Waals surface area contributed by atoms with Gasteiger partial charge >= 0.3 is 0 Å². The van der Waals surface area contributed by atoms with Gasteiger partial charge in [0, 0.05) is 26.2 Å². The van der Waals surface area contributed by atoms with E-state index < -0.39 is 5.60 Å². The first kappa shape index (κ1) is 8.93. The summed E-state index contributed by atoms with van der Waals surface area (Å²) in [5.41, 5.74) is -0.552. The van der Waals surface area contributed by atoms with Crippen molar-refractivity contribution in [1.29, 1.82) is 0 Å². The van der Waals surface area contributed by atoms with E-state index in [0.29, 0.717) is 26.2 Å². The van der Waals surface area contributed by atoms with E-state index in [1.807, 2.05) is 11.9 Å². The highest BCUT2D eigenvalue weighted by atomic mass is 16.3. The molecular formula is C7H16N2O2. The number of hydrogen-bond acceptors (Lipinski definition) is 4.